The van der Waals surface area contributed by atoms with Gasteiger partial charge in [0.15, 0.2) is 6.10 Å². The van der Waals surface area contributed by atoms with Gasteiger partial charge in [-0.25, -0.2) is 4.79 Å². The smallest absolute Gasteiger partial charge is 0.339 e. The maximum atomic E-state index is 12.3. The average molecular weight is 349 g/mol. The van der Waals surface area contributed by atoms with E-state index < -0.39 is 18.0 Å². The molecule has 1 heterocycles. The summed E-state index contributed by atoms with van der Waals surface area (Å²) in [4.78, 5) is 28.0. The molecule has 7 heteroatoms. The number of nitrogens with zero attached hydrogens (tertiary/aromatic N) is 1. The zero-order chi connectivity index (χ0) is 17.7. The second-order valence-corrected chi connectivity index (χ2v) is 5.48. The van der Waals surface area contributed by atoms with E-state index in [0.29, 0.717) is 22.0 Å². The van der Waals surface area contributed by atoms with Crippen molar-refractivity contribution in [2.45, 2.75) is 20.0 Å². The predicted octanol–water partition coefficient (Wildman–Crippen LogP) is 3.24. The summed E-state index contributed by atoms with van der Waals surface area (Å²) in [6.45, 7) is 3.30. The number of halogens is 1. The Morgan fingerprint density at radius 1 is 1.25 bits per heavy atom. The molecular weight excluding hydrogens is 332 g/mol. The molecule has 1 atom stereocenters. The van der Waals surface area contributed by atoms with E-state index >= 15 is 0 Å². The number of esters is 1. The molecule has 0 saturated heterocycles. The molecule has 6 nitrogen and oxygen atoms in total. The highest BCUT2D eigenvalue weighted by Gasteiger charge is 2.20. The molecule has 0 radical (unpaired) electrons. The molecule has 0 saturated carbocycles. The van der Waals surface area contributed by atoms with Crippen LogP contribution in [0.5, 0.6) is 5.75 Å². The Hall–Kier alpha value is -2.60. The Labute approximate surface area is 144 Å². The topological polar surface area (TPSA) is 77.5 Å². The zero-order valence-corrected chi connectivity index (χ0v) is 14.3. The number of rotatable bonds is 5. The van der Waals surface area contributed by atoms with Crippen molar-refractivity contribution < 1.29 is 19.1 Å². The molecule has 1 N–H and O–H groups in total. The fraction of sp³-hybridized carbons (Fsp3) is 0.235. The van der Waals surface area contributed by atoms with Crippen LogP contribution in [-0.2, 0) is 9.53 Å². The number of pyridine rings is 1. The second kappa shape index (κ2) is 7.79. The van der Waals surface area contributed by atoms with Crippen LogP contribution in [-0.4, -0.2) is 30.1 Å². The lowest BCUT2D eigenvalue weighted by Crippen LogP contribution is -2.30. The molecule has 2 aromatic rings. The fourth-order valence-corrected chi connectivity index (χ4v) is 2.09. The molecule has 0 aliphatic heterocycles. The number of hydrogen-bond donors (Lipinski definition) is 1. The van der Waals surface area contributed by atoms with Gasteiger partial charge in [0, 0.05) is 23.5 Å². The first-order valence-corrected chi connectivity index (χ1v) is 7.56. The van der Waals surface area contributed by atoms with Gasteiger partial charge in [0.2, 0.25) is 0 Å². The molecule has 126 valence electrons. The molecule has 1 aromatic heterocycles. The number of benzene rings is 1. The first kappa shape index (κ1) is 17.7. The second-order valence-electron chi connectivity index (χ2n) is 5.07. The van der Waals surface area contributed by atoms with Crippen LogP contribution in [0.25, 0.3) is 0 Å². The molecule has 2 rings (SSSR count). The summed E-state index contributed by atoms with van der Waals surface area (Å²) < 4.78 is 10.4. The quantitative estimate of drug-likeness (QED) is 0.839. The Morgan fingerprint density at radius 3 is 2.54 bits per heavy atom. The number of ether oxygens (including phenoxy) is 2. The van der Waals surface area contributed by atoms with Gasteiger partial charge in [-0.3, -0.25) is 9.78 Å². The highest BCUT2D eigenvalue weighted by atomic mass is 35.5. The number of amides is 1. The van der Waals surface area contributed by atoms with Crippen LogP contribution in [0.3, 0.4) is 0 Å². The number of methoxy groups -OCH3 is 1. The van der Waals surface area contributed by atoms with Crippen LogP contribution in [0.4, 0.5) is 5.69 Å². The number of hydrogen-bond acceptors (Lipinski definition) is 5. The molecule has 0 aliphatic rings. The number of anilines is 1. The molecular formula is C17H17ClN2O4. The number of aryl methyl sites for hydroxylation is 1. The van der Waals surface area contributed by atoms with Gasteiger partial charge in [0.25, 0.3) is 5.91 Å². The van der Waals surface area contributed by atoms with Gasteiger partial charge < -0.3 is 14.8 Å². The number of carbonyl (C=O) groups is 2. The van der Waals surface area contributed by atoms with Gasteiger partial charge in [-0.2, -0.15) is 0 Å². The SMILES string of the molecule is COc1cc(Cl)c(C)cc1NC(=O)C(C)OC(=O)c1ccncc1. The lowest BCUT2D eigenvalue weighted by Gasteiger charge is -2.16. The zero-order valence-electron chi connectivity index (χ0n) is 13.5. The van der Waals surface area contributed by atoms with Crippen molar-refractivity contribution >= 4 is 29.2 Å². The van der Waals surface area contributed by atoms with Crippen molar-refractivity contribution in [1.29, 1.82) is 0 Å². The molecule has 0 fully saturated rings. The minimum absolute atomic E-state index is 0.324. The third-order valence-electron chi connectivity index (χ3n) is 3.31. The van der Waals surface area contributed by atoms with Crippen molar-refractivity contribution in [2.75, 3.05) is 12.4 Å². The van der Waals surface area contributed by atoms with E-state index in [0.717, 1.165) is 5.56 Å². The standard InChI is InChI=1S/C17H17ClN2O4/c1-10-8-14(15(23-3)9-13(10)18)20-16(21)11(2)24-17(22)12-4-6-19-7-5-12/h4-9,11H,1-3H3,(H,20,21). The van der Waals surface area contributed by atoms with E-state index in [1.165, 1.54) is 38.6 Å². The van der Waals surface area contributed by atoms with Gasteiger partial charge in [0.1, 0.15) is 5.75 Å². The predicted molar refractivity (Wildman–Crippen MR) is 90.5 cm³/mol. The summed E-state index contributed by atoms with van der Waals surface area (Å²) in [7, 11) is 1.48. The van der Waals surface area contributed by atoms with Gasteiger partial charge in [0.05, 0.1) is 18.4 Å². The average Bonchev–Trinajstić information content (AvgIpc) is 2.58. The Bertz CT molecular complexity index is 750. The van der Waals surface area contributed by atoms with E-state index in [-0.39, 0.29) is 0 Å². The first-order valence-electron chi connectivity index (χ1n) is 7.18. The van der Waals surface area contributed by atoms with Gasteiger partial charge in [-0.05, 0) is 37.6 Å². The highest BCUT2D eigenvalue weighted by Crippen LogP contribution is 2.31. The normalized spacial score (nSPS) is 11.5. The molecule has 0 bridgehead atoms. The third-order valence-corrected chi connectivity index (χ3v) is 3.71. The van der Waals surface area contributed by atoms with Crippen molar-refractivity contribution in [3.05, 3.63) is 52.8 Å². The maximum Gasteiger partial charge on any atom is 0.339 e. The number of nitrogens with one attached hydrogen (secondary N) is 1. The Balaban J connectivity index is 2.07. The van der Waals surface area contributed by atoms with E-state index in [1.54, 1.807) is 12.1 Å². The Morgan fingerprint density at radius 2 is 1.92 bits per heavy atom. The highest BCUT2D eigenvalue weighted by molar-refractivity contribution is 6.31. The maximum absolute atomic E-state index is 12.3. The van der Waals surface area contributed by atoms with Crippen LogP contribution in [0, 0.1) is 6.92 Å². The summed E-state index contributed by atoms with van der Waals surface area (Å²) in [5.74, 6) is -0.650. The van der Waals surface area contributed by atoms with Crippen molar-refractivity contribution in [3.8, 4) is 5.75 Å². The minimum atomic E-state index is -0.980. The molecule has 1 amide bonds. The Kier molecular flexibility index (Phi) is 5.76. The van der Waals surface area contributed by atoms with E-state index in [4.69, 9.17) is 21.1 Å². The monoisotopic (exact) mass is 348 g/mol. The third kappa shape index (κ3) is 4.23. The van der Waals surface area contributed by atoms with Gasteiger partial charge in [-0.15, -0.1) is 0 Å². The summed E-state index contributed by atoms with van der Waals surface area (Å²) in [6, 6.07) is 6.33. The minimum Gasteiger partial charge on any atom is -0.495 e. The number of aromatic nitrogens is 1. The van der Waals surface area contributed by atoms with Crippen molar-refractivity contribution in [1.82, 2.24) is 4.98 Å². The van der Waals surface area contributed by atoms with E-state index in [1.807, 2.05) is 6.92 Å². The summed E-state index contributed by atoms with van der Waals surface area (Å²) in [6.07, 6.45) is 1.97. The van der Waals surface area contributed by atoms with Gasteiger partial charge in [-0.1, -0.05) is 11.6 Å². The molecule has 0 aliphatic carbocycles. The molecule has 24 heavy (non-hydrogen) atoms. The van der Waals surface area contributed by atoms with Crippen LogP contribution in [0.2, 0.25) is 5.02 Å². The first-order chi connectivity index (χ1) is 11.4. The fourth-order valence-electron chi connectivity index (χ4n) is 1.93. The molecule has 0 spiro atoms. The van der Waals surface area contributed by atoms with E-state index in [2.05, 4.69) is 10.3 Å². The number of carbonyl (C=O) groups excluding carboxylic acids is 2. The van der Waals surface area contributed by atoms with Crippen LogP contribution < -0.4 is 10.1 Å². The van der Waals surface area contributed by atoms with Crippen LogP contribution >= 0.6 is 11.6 Å². The van der Waals surface area contributed by atoms with E-state index in [9.17, 15) is 9.59 Å². The van der Waals surface area contributed by atoms with Crippen LogP contribution in [0.1, 0.15) is 22.8 Å². The van der Waals surface area contributed by atoms with Crippen LogP contribution in [0.15, 0.2) is 36.7 Å². The summed E-state index contributed by atoms with van der Waals surface area (Å²) in [5.41, 5.74) is 1.56. The molecule has 1 aromatic carbocycles. The summed E-state index contributed by atoms with van der Waals surface area (Å²) in [5, 5.41) is 3.20. The van der Waals surface area contributed by atoms with Gasteiger partial charge >= 0.3 is 5.97 Å². The molecule has 1 unspecified atom stereocenters. The lowest BCUT2D eigenvalue weighted by atomic mass is 10.2. The van der Waals surface area contributed by atoms with Crippen molar-refractivity contribution in [2.24, 2.45) is 0 Å². The largest absolute Gasteiger partial charge is 0.495 e. The summed E-state index contributed by atoms with van der Waals surface area (Å²) >= 11 is 6.03. The van der Waals surface area contributed by atoms with Crippen molar-refractivity contribution in [3.63, 3.8) is 0 Å². The lowest BCUT2D eigenvalue weighted by molar-refractivity contribution is -0.123.